The van der Waals surface area contributed by atoms with E-state index in [1.807, 2.05) is 0 Å². The summed E-state index contributed by atoms with van der Waals surface area (Å²) in [7, 11) is -5.04. The van der Waals surface area contributed by atoms with Gasteiger partial charge in [0, 0.05) is 13.0 Å². The molecule has 1 aliphatic carbocycles. The van der Waals surface area contributed by atoms with E-state index in [1.54, 1.807) is 0 Å². The average molecular weight is 979 g/mol. The van der Waals surface area contributed by atoms with Gasteiger partial charge in [-0.25, -0.2) is 4.57 Å². The Labute approximate surface area is 412 Å². The highest BCUT2D eigenvalue weighted by Gasteiger charge is 2.51. The lowest BCUT2D eigenvalue weighted by Crippen LogP contribution is -2.64. The second kappa shape index (κ2) is 44.5. The molecular weight excluding hydrogens is 884 g/mol. The van der Waals surface area contributed by atoms with Crippen molar-refractivity contribution in [1.82, 2.24) is 0 Å². The number of esters is 1. The van der Waals surface area contributed by atoms with Crippen LogP contribution in [0.5, 0.6) is 0 Å². The Balaban J connectivity index is 2.36. The van der Waals surface area contributed by atoms with E-state index in [-0.39, 0.29) is 13.0 Å². The maximum Gasteiger partial charge on any atom is 0.472 e. The molecule has 1 aliphatic rings. The summed E-state index contributed by atoms with van der Waals surface area (Å²) in [6.45, 7) is 4.10. The van der Waals surface area contributed by atoms with E-state index in [4.69, 9.17) is 18.5 Å². The fourth-order valence-electron chi connectivity index (χ4n) is 7.59. The molecule has 0 bridgehead atoms. The van der Waals surface area contributed by atoms with Gasteiger partial charge in [-0.3, -0.25) is 13.8 Å². The number of allylic oxidation sites excluding steroid dienone is 14. The van der Waals surface area contributed by atoms with Gasteiger partial charge in [0.1, 0.15) is 42.7 Å². The molecule has 0 aromatic carbocycles. The smallest absolute Gasteiger partial charge is 0.457 e. The molecule has 0 aromatic rings. The Morgan fingerprint density at radius 1 is 0.485 bits per heavy atom. The summed E-state index contributed by atoms with van der Waals surface area (Å²) >= 11 is 0. The summed E-state index contributed by atoms with van der Waals surface area (Å²) in [6, 6.07) is 0. The van der Waals surface area contributed by atoms with Gasteiger partial charge in [0.25, 0.3) is 0 Å². The number of ether oxygens (including phenoxy) is 2. The van der Waals surface area contributed by atoms with Crippen LogP contribution in [-0.4, -0.2) is 98.9 Å². The van der Waals surface area contributed by atoms with E-state index >= 15 is 0 Å². The Bertz CT molecular complexity index is 1440. The van der Waals surface area contributed by atoms with Crippen LogP contribution in [0.4, 0.5) is 0 Å². The number of carbonyl (C=O) groups excluding carboxylic acids is 1. The second-order valence-electron chi connectivity index (χ2n) is 18.0. The number of phosphoric ester groups is 1. The Hall–Kier alpha value is -2.48. The highest BCUT2D eigenvalue weighted by Crippen LogP contribution is 2.47. The molecule has 392 valence electrons. The summed E-state index contributed by atoms with van der Waals surface area (Å²) in [6.07, 6.45) is 47.8. The summed E-state index contributed by atoms with van der Waals surface area (Å²) in [5, 5.41) is 50.3. The number of hydrogen-bond acceptors (Lipinski definition) is 11. The zero-order valence-electron chi connectivity index (χ0n) is 42.1. The first-order valence-electron chi connectivity index (χ1n) is 26.4. The van der Waals surface area contributed by atoms with Gasteiger partial charge in [0.2, 0.25) is 0 Å². The number of rotatable bonds is 44. The van der Waals surface area contributed by atoms with E-state index in [0.29, 0.717) is 13.0 Å². The van der Waals surface area contributed by atoms with Gasteiger partial charge < -0.3 is 39.9 Å². The summed E-state index contributed by atoms with van der Waals surface area (Å²) in [4.78, 5) is 23.3. The number of phosphoric acid groups is 1. The molecule has 0 spiro atoms. The van der Waals surface area contributed by atoms with E-state index < -0.39 is 63.1 Å². The van der Waals surface area contributed by atoms with E-state index in [9.17, 15) is 39.8 Å². The van der Waals surface area contributed by atoms with Crippen molar-refractivity contribution in [3.63, 3.8) is 0 Å². The van der Waals surface area contributed by atoms with Gasteiger partial charge in [-0.2, -0.15) is 0 Å². The van der Waals surface area contributed by atoms with Crippen molar-refractivity contribution in [3.8, 4) is 0 Å². The monoisotopic (exact) mass is 979 g/mol. The maximum atomic E-state index is 12.9. The molecule has 0 heterocycles. The molecule has 6 atom stereocenters. The van der Waals surface area contributed by atoms with Crippen LogP contribution in [0.3, 0.4) is 0 Å². The van der Waals surface area contributed by atoms with Gasteiger partial charge in [-0.05, 0) is 89.9 Å². The topological polar surface area (TPSA) is 192 Å². The number of aliphatic hydroxyl groups is 5. The van der Waals surface area contributed by atoms with E-state index in [2.05, 4.69) is 98.9 Å². The normalized spacial score (nSPS) is 21.8. The van der Waals surface area contributed by atoms with E-state index in [1.165, 1.54) is 57.8 Å². The van der Waals surface area contributed by atoms with E-state index in [0.717, 1.165) is 109 Å². The summed E-state index contributed by atoms with van der Waals surface area (Å²) in [5.74, 6) is -0.496. The predicted octanol–water partition coefficient (Wildman–Crippen LogP) is 12.1. The molecule has 1 rings (SSSR count). The highest BCUT2D eigenvalue weighted by atomic mass is 31.2. The van der Waals surface area contributed by atoms with Gasteiger partial charge in [0.05, 0.1) is 13.2 Å². The minimum atomic E-state index is -5.04. The molecule has 13 heteroatoms. The van der Waals surface area contributed by atoms with Crippen molar-refractivity contribution in [2.75, 3.05) is 19.8 Å². The van der Waals surface area contributed by atoms with Crippen LogP contribution in [0.25, 0.3) is 0 Å². The number of carbonyl (C=O) groups is 1. The Kier molecular flexibility index (Phi) is 41.5. The lowest BCUT2D eigenvalue weighted by atomic mass is 9.85. The van der Waals surface area contributed by atoms with Crippen molar-refractivity contribution in [2.45, 2.75) is 236 Å². The van der Waals surface area contributed by atoms with Crippen LogP contribution in [0.2, 0.25) is 0 Å². The number of unbranched alkanes of at least 4 members (excludes halogenated alkanes) is 18. The third-order valence-corrected chi connectivity index (χ3v) is 12.7. The first-order valence-corrected chi connectivity index (χ1v) is 27.9. The van der Waals surface area contributed by atoms with Crippen molar-refractivity contribution in [3.05, 3.63) is 85.1 Å². The first kappa shape index (κ1) is 63.5. The fraction of sp³-hybridized carbons (Fsp3) is 0.727. The quantitative estimate of drug-likeness (QED) is 0.0147. The second-order valence-corrected chi connectivity index (χ2v) is 19.4. The predicted molar refractivity (Wildman–Crippen MR) is 276 cm³/mol. The van der Waals surface area contributed by atoms with Crippen LogP contribution in [0.1, 0.15) is 194 Å². The minimum absolute atomic E-state index is 0.0945. The van der Waals surface area contributed by atoms with Crippen molar-refractivity contribution < 1.29 is 58.3 Å². The zero-order chi connectivity index (χ0) is 49.8. The van der Waals surface area contributed by atoms with Crippen LogP contribution in [0, 0.1) is 0 Å². The highest BCUT2D eigenvalue weighted by molar-refractivity contribution is 7.47. The van der Waals surface area contributed by atoms with Crippen LogP contribution >= 0.6 is 7.82 Å². The van der Waals surface area contributed by atoms with Gasteiger partial charge in [-0.1, -0.05) is 182 Å². The van der Waals surface area contributed by atoms with Crippen LogP contribution in [-0.2, 0) is 27.9 Å². The fourth-order valence-corrected chi connectivity index (χ4v) is 8.56. The third-order valence-electron chi connectivity index (χ3n) is 11.8. The van der Waals surface area contributed by atoms with Crippen molar-refractivity contribution in [1.29, 1.82) is 0 Å². The number of hydrogen-bond donors (Lipinski definition) is 6. The van der Waals surface area contributed by atoms with Crippen LogP contribution < -0.4 is 0 Å². The van der Waals surface area contributed by atoms with Gasteiger partial charge in [-0.15, -0.1) is 0 Å². The molecule has 0 aromatic heterocycles. The first-order chi connectivity index (χ1) is 33.0. The average Bonchev–Trinajstić information content (AvgIpc) is 3.32. The van der Waals surface area contributed by atoms with Crippen molar-refractivity contribution in [2.24, 2.45) is 0 Å². The molecule has 0 aliphatic heterocycles. The molecule has 6 N–H and O–H groups in total. The molecule has 0 amide bonds. The molecule has 1 fully saturated rings. The molecule has 12 nitrogen and oxygen atoms in total. The SMILES string of the molecule is CC/C=C\C/C=C\C/C=C\C/C=C\CCCCCCCCCOCC(COP(=O)(O)OC1C(O)C(O)C(O)C(O)C1O)OC(=O)CCCCCCCC/C=C\C/C=C\C/C=C\CCCCCCC. The molecule has 68 heavy (non-hydrogen) atoms. The maximum absolute atomic E-state index is 12.9. The summed E-state index contributed by atoms with van der Waals surface area (Å²) in [5.41, 5.74) is 0. The molecule has 0 radical (unpaired) electrons. The molecule has 0 saturated heterocycles. The van der Waals surface area contributed by atoms with Gasteiger partial charge in [0.15, 0.2) is 0 Å². The third kappa shape index (κ3) is 35.6. The Morgan fingerprint density at radius 2 is 0.868 bits per heavy atom. The lowest BCUT2D eigenvalue weighted by Gasteiger charge is -2.41. The molecule has 1 saturated carbocycles. The largest absolute Gasteiger partial charge is 0.472 e. The van der Waals surface area contributed by atoms with Crippen molar-refractivity contribution >= 4 is 13.8 Å². The zero-order valence-corrected chi connectivity index (χ0v) is 43.0. The van der Waals surface area contributed by atoms with Gasteiger partial charge >= 0.3 is 13.8 Å². The Morgan fingerprint density at radius 3 is 1.32 bits per heavy atom. The van der Waals surface area contributed by atoms with Crippen LogP contribution in [0.15, 0.2) is 85.1 Å². The standard InChI is InChI=1S/C55H95O12P/c1-3-5-7-9-11-13-15-17-19-21-23-25-26-28-30-32-34-36-38-40-42-44-49(56)66-48(47-65-68(62,63)67-55-53(60)51(58)50(57)52(59)54(55)61)46-64-45-43-41-39-37-35-33-31-29-27-24-22-20-18-16-14-12-10-8-6-4-2/h6,8,12,14-15,17-18,20-21,23-24,26-28,48,50-55,57-61H,3-5,7,9-11,13,16,19,22,25,29-47H2,1-2H3,(H,62,63)/b8-6-,14-12-,17-15-,20-18-,23-21-,27-24-,28-26-. The number of aliphatic hydroxyl groups excluding tert-OH is 5. The molecular formula is C55H95O12P. The minimum Gasteiger partial charge on any atom is -0.457 e. The molecule has 6 unspecified atom stereocenters. The lowest BCUT2D eigenvalue weighted by molar-refractivity contribution is -0.220. The summed E-state index contributed by atoms with van der Waals surface area (Å²) < 4.78 is 34.3.